The number of aromatic nitrogens is 1. The maximum Gasteiger partial charge on any atom is 0.270 e. The van der Waals surface area contributed by atoms with Gasteiger partial charge in [-0.05, 0) is 50.1 Å². The minimum atomic E-state index is -0.206. The van der Waals surface area contributed by atoms with Crippen molar-refractivity contribution < 1.29 is 9.21 Å². The first-order valence-electron chi connectivity index (χ1n) is 8.20. The maximum absolute atomic E-state index is 12.4. The Morgan fingerprint density at radius 1 is 1.32 bits per heavy atom. The molecule has 0 fully saturated rings. The first-order valence-corrected chi connectivity index (χ1v) is 8.99. The Labute approximate surface area is 155 Å². The first kappa shape index (κ1) is 17.5. The number of anilines is 2. The zero-order valence-electron chi connectivity index (χ0n) is 14.4. The molecule has 2 heterocycles. The molecule has 0 aliphatic rings. The van der Waals surface area contributed by atoms with Gasteiger partial charge in [-0.3, -0.25) is 4.79 Å². The van der Waals surface area contributed by atoms with E-state index in [-0.39, 0.29) is 11.9 Å². The average molecular weight is 402 g/mol. The van der Waals surface area contributed by atoms with Crippen molar-refractivity contribution in [2.45, 2.75) is 33.2 Å². The molecule has 3 rings (SSSR count). The van der Waals surface area contributed by atoms with Gasteiger partial charge < -0.3 is 15.1 Å². The van der Waals surface area contributed by atoms with E-state index in [1.807, 2.05) is 45.0 Å². The quantitative estimate of drug-likeness (QED) is 0.618. The number of pyridine rings is 1. The number of carbonyl (C=O) groups is 1. The number of halogens is 1. The molecule has 0 aliphatic carbocycles. The summed E-state index contributed by atoms with van der Waals surface area (Å²) in [5.74, 6) is 0.393. The van der Waals surface area contributed by atoms with E-state index in [0.29, 0.717) is 17.1 Å². The van der Waals surface area contributed by atoms with E-state index in [4.69, 9.17) is 4.42 Å². The van der Waals surface area contributed by atoms with Gasteiger partial charge in [0.1, 0.15) is 17.1 Å². The van der Waals surface area contributed by atoms with E-state index in [2.05, 4.69) is 31.5 Å². The lowest BCUT2D eigenvalue weighted by atomic mass is 10.2. The Morgan fingerprint density at radius 3 is 2.84 bits per heavy atom. The minimum absolute atomic E-state index is 0.0899. The van der Waals surface area contributed by atoms with Gasteiger partial charge in [0.05, 0.1) is 11.6 Å². The third kappa shape index (κ3) is 3.85. The fourth-order valence-electron chi connectivity index (χ4n) is 2.44. The van der Waals surface area contributed by atoms with Crippen LogP contribution in [0.2, 0.25) is 0 Å². The first-order chi connectivity index (χ1) is 12.0. The summed E-state index contributed by atoms with van der Waals surface area (Å²) in [7, 11) is 0. The number of nitrogens with one attached hydrogen (secondary N) is 2. The highest BCUT2D eigenvalue weighted by Gasteiger charge is 2.15. The van der Waals surface area contributed by atoms with Crippen LogP contribution in [0.3, 0.4) is 0 Å². The van der Waals surface area contributed by atoms with E-state index in [1.54, 1.807) is 12.3 Å². The van der Waals surface area contributed by atoms with Crippen molar-refractivity contribution in [2.75, 3.05) is 5.32 Å². The number of nitrogens with zero attached hydrogens (tertiary/aromatic N) is 1. The molecule has 25 heavy (non-hydrogen) atoms. The Hall–Kier alpha value is -2.34. The fourth-order valence-corrected chi connectivity index (χ4v) is 2.68. The van der Waals surface area contributed by atoms with Gasteiger partial charge in [0.2, 0.25) is 0 Å². The summed E-state index contributed by atoms with van der Waals surface area (Å²) in [6.07, 6.45) is 2.46. The highest BCUT2D eigenvalue weighted by molar-refractivity contribution is 9.10. The largest absolute Gasteiger partial charge is 0.464 e. The number of rotatable bonds is 5. The molecule has 6 heteroatoms. The molecular formula is C19H20BrN3O2. The van der Waals surface area contributed by atoms with Gasteiger partial charge in [0.25, 0.3) is 5.91 Å². The molecular weight excluding hydrogens is 382 g/mol. The zero-order chi connectivity index (χ0) is 18.0. The summed E-state index contributed by atoms with van der Waals surface area (Å²) >= 11 is 3.50. The summed E-state index contributed by atoms with van der Waals surface area (Å²) < 4.78 is 6.54. The highest BCUT2D eigenvalue weighted by atomic mass is 79.9. The number of carbonyl (C=O) groups excluding carboxylic acids is 1. The molecule has 1 atom stereocenters. The highest BCUT2D eigenvalue weighted by Crippen LogP contribution is 2.28. The van der Waals surface area contributed by atoms with Gasteiger partial charge in [-0.15, -0.1) is 0 Å². The summed E-state index contributed by atoms with van der Waals surface area (Å²) in [6, 6.07) is 9.55. The summed E-state index contributed by atoms with van der Waals surface area (Å²) in [5.41, 5.74) is 2.97. The van der Waals surface area contributed by atoms with E-state index >= 15 is 0 Å². The van der Waals surface area contributed by atoms with Crippen molar-refractivity contribution in [3.63, 3.8) is 0 Å². The number of hydrogen-bond acceptors (Lipinski definition) is 4. The van der Waals surface area contributed by atoms with Crippen LogP contribution in [0.1, 0.15) is 36.3 Å². The van der Waals surface area contributed by atoms with Crippen molar-refractivity contribution in [3.05, 3.63) is 52.3 Å². The second kappa shape index (κ2) is 7.27. The zero-order valence-corrected chi connectivity index (χ0v) is 16.0. The molecule has 5 nitrogen and oxygen atoms in total. The Bertz CT molecular complexity index is 920. The smallest absolute Gasteiger partial charge is 0.270 e. The molecule has 3 aromatic rings. The monoisotopic (exact) mass is 401 g/mol. The molecule has 2 aromatic heterocycles. The molecule has 1 amide bonds. The molecule has 1 aromatic carbocycles. The molecule has 0 saturated heterocycles. The van der Waals surface area contributed by atoms with E-state index in [1.165, 1.54) is 0 Å². The summed E-state index contributed by atoms with van der Waals surface area (Å²) in [4.78, 5) is 16.9. The molecule has 0 radical (unpaired) electrons. The van der Waals surface area contributed by atoms with Crippen molar-refractivity contribution in [1.29, 1.82) is 0 Å². The van der Waals surface area contributed by atoms with Crippen LogP contribution in [0, 0.1) is 6.92 Å². The van der Waals surface area contributed by atoms with E-state index in [9.17, 15) is 4.79 Å². The van der Waals surface area contributed by atoms with Crippen LogP contribution in [0.5, 0.6) is 0 Å². The number of furan rings is 1. The van der Waals surface area contributed by atoms with Gasteiger partial charge in [-0.1, -0.05) is 22.9 Å². The van der Waals surface area contributed by atoms with Crippen molar-refractivity contribution in [2.24, 2.45) is 0 Å². The van der Waals surface area contributed by atoms with E-state index in [0.717, 1.165) is 27.5 Å². The van der Waals surface area contributed by atoms with E-state index < -0.39 is 0 Å². The lowest BCUT2D eigenvalue weighted by Gasteiger charge is -2.13. The van der Waals surface area contributed by atoms with Gasteiger partial charge >= 0.3 is 0 Å². The second-order valence-corrected chi connectivity index (χ2v) is 6.91. The third-order valence-corrected chi connectivity index (χ3v) is 4.98. The summed E-state index contributed by atoms with van der Waals surface area (Å²) in [5, 5.41) is 7.06. The molecule has 2 N–H and O–H groups in total. The number of hydrogen-bond donors (Lipinski definition) is 2. The molecule has 1 unspecified atom stereocenters. The topological polar surface area (TPSA) is 67.2 Å². The van der Waals surface area contributed by atoms with Crippen LogP contribution >= 0.6 is 15.9 Å². The van der Waals surface area contributed by atoms with Crippen LogP contribution < -0.4 is 10.6 Å². The molecule has 0 bridgehead atoms. The van der Waals surface area contributed by atoms with Crippen LogP contribution in [0.4, 0.5) is 11.5 Å². The lowest BCUT2D eigenvalue weighted by Crippen LogP contribution is -2.32. The number of fused-ring (bicyclic) bond motifs is 1. The predicted octanol–water partition coefficient (Wildman–Crippen LogP) is 5.17. The number of aryl methyl sites for hydroxylation is 1. The molecule has 130 valence electrons. The third-order valence-electron chi connectivity index (χ3n) is 4.09. The molecule has 0 aliphatic heterocycles. The van der Waals surface area contributed by atoms with Crippen molar-refractivity contribution in [1.82, 2.24) is 10.3 Å². The normalized spacial score (nSPS) is 12.2. The number of amides is 1. The van der Waals surface area contributed by atoms with Crippen LogP contribution in [-0.2, 0) is 0 Å². The SMILES string of the molecule is CCC(C)NC(=O)c1cc2occc2c(Nc2ccc(Br)c(C)c2)n1. The fraction of sp³-hybridized carbons (Fsp3) is 0.263. The predicted molar refractivity (Wildman–Crippen MR) is 103 cm³/mol. The van der Waals surface area contributed by atoms with Crippen molar-refractivity contribution in [3.8, 4) is 0 Å². The van der Waals surface area contributed by atoms with Gasteiger partial charge in [0, 0.05) is 22.3 Å². The minimum Gasteiger partial charge on any atom is -0.464 e. The lowest BCUT2D eigenvalue weighted by molar-refractivity contribution is 0.0934. The van der Waals surface area contributed by atoms with Crippen molar-refractivity contribution >= 4 is 44.3 Å². The molecule has 0 saturated carbocycles. The second-order valence-electron chi connectivity index (χ2n) is 6.06. The average Bonchev–Trinajstić information content (AvgIpc) is 3.06. The van der Waals surface area contributed by atoms with Gasteiger partial charge in [-0.25, -0.2) is 4.98 Å². The van der Waals surface area contributed by atoms with Crippen LogP contribution in [0.15, 0.2) is 45.5 Å². The standard InChI is InChI=1S/C19H20BrN3O2/c1-4-12(3)21-19(24)16-10-17-14(7-8-25-17)18(23-16)22-13-5-6-15(20)11(2)9-13/h5-10,12H,4H2,1-3H3,(H,21,24)(H,22,23). The Balaban J connectivity index is 1.97. The van der Waals surface area contributed by atoms with Crippen LogP contribution in [0.25, 0.3) is 11.0 Å². The van der Waals surface area contributed by atoms with Gasteiger partial charge in [-0.2, -0.15) is 0 Å². The maximum atomic E-state index is 12.4. The Kier molecular flexibility index (Phi) is 5.08. The summed E-state index contributed by atoms with van der Waals surface area (Å²) in [6.45, 7) is 6.01. The molecule has 0 spiro atoms. The van der Waals surface area contributed by atoms with Gasteiger partial charge in [0.15, 0.2) is 0 Å². The van der Waals surface area contributed by atoms with Crippen LogP contribution in [-0.4, -0.2) is 16.9 Å². The Morgan fingerprint density at radius 2 is 2.12 bits per heavy atom. The number of benzene rings is 1.